The number of hydrogen-bond donors (Lipinski definition) is 1. The van der Waals surface area contributed by atoms with Gasteiger partial charge in [0.05, 0.1) is 0 Å². The monoisotopic (exact) mass is 234 g/mol. The van der Waals surface area contributed by atoms with Gasteiger partial charge < -0.3 is 10.2 Å². The van der Waals surface area contributed by atoms with Gasteiger partial charge in [0.25, 0.3) is 0 Å². The fourth-order valence-electron chi connectivity index (χ4n) is 2.51. The molecule has 1 aromatic rings. The van der Waals surface area contributed by atoms with E-state index in [4.69, 9.17) is 0 Å². The molecule has 2 heteroatoms. The second-order valence-electron chi connectivity index (χ2n) is 4.92. The summed E-state index contributed by atoms with van der Waals surface area (Å²) >= 11 is 0. The maximum Gasteiger partial charge on any atom is 0.0355 e. The predicted molar refractivity (Wildman–Crippen MR) is 75.2 cm³/mol. The first-order valence-electron chi connectivity index (χ1n) is 6.59. The molecule has 0 aromatic heterocycles. The molecule has 0 spiro atoms. The van der Waals surface area contributed by atoms with Gasteiger partial charge >= 0.3 is 0 Å². The predicted octanol–water partition coefficient (Wildman–Crippen LogP) is 2.93. The van der Waals surface area contributed by atoms with Crippen molar-refractivity contribution < 1.29 is 0 Å². The van der Waals surface area contributed by atoms with Crippen molar-refractivity contribution in [1.29, 1.82) is 0 Å². The third-order valence-corrected chi connectivity index (χ3v) is 3.24. The lowest BCUT2D eigenvalue weighted by Gasteiger charge is -2.28. The summed E-state index contributed by atoms with van der Waals surface area (Å²) in [4.78, 5) is 2.41. The lowest BCUT2D eigenvalue weighted by molar-refractivity contribution is 0.252. The van der Waals surface area contributed by atoms with E-state index in [0.717, 1.165) is 6.54 Å². The van der Waals surface area contributed by atoms with E-state index in [9.17, 15) is 0 Å². The summed E-state index contributed by atoms with van der Waals surface area (Å²) < 4.78 is 0. The highest BCUT2D eigenvalue weighted by Gasteiger charge is 2.18. The highest BCUT2D eigenvalue weighted by molar-refractivity contribution is 5.19. The Balaban J connectivity index is 2.61. The molecule has 2 nitrogen and oxygen atoms in total. The van der Waals surface area contributed by atoms with Crippen LogP contribution < -0.4 is 5.32 Å². The maximum atomic E-state index is 3.44. The molecule has 1 N–H and O–H groups in total. The fraction of sp³-hybridized carbons (Fsp3) is 0.600. The first-order chi connectivity index (χ1) is 8.19. The van der Waals surface area contributed by atoms with Crippen molar-refractivity contribution in [3.8, 4) is 0 Å². The Morgan fingerprint density at radius 3 is 2.41 bits per heavy atom. The van der Waals surface area contributed by atoms with Crippen molar-refractivity contribution >= 4 is 0 Å². The van der Waals surface area contributed by atoms with Gasteiger partial charge in [0.15, 0.2) is 0 Å². The van der Waals surface area contributed by atoms with Crippen LogP contribution in [0.5, 0.6) is 0 Å². The van der Waals surface area contributed by atoms with Gasteiger partial charge in [-0.05, 0) is 38.5 Å². The molecule has 0 bridgehead atoms. The zero-order valence-corrected chi connectivity index (χ0v) is 11.6. The quantitative estimate of drug-likeness (QED) is 0.780. The molecular formula is C15H26N2. The molecule has 0 aliphatic heterocycles. The molecule has 0 heterocycles. The highest BCUT2D eigenvalue weighted by Crippen LogP contribution is 2.21. The summed E-state index contributed by atoms with van der Waals surface area (Å²) in [6.45, 7) is 6.86. The van der Waals surface area contributed by atoms with Crippen LogP contribution in [0.3, 0.4) is 0 Å². The average Bonchev–Trinajstić information content (AvgIpc) is 2.31. The van der Waals surface area contributed by atoms with Crippen molar-refractivity contribution in [2.24, 2.45) is 5.92 Å². The van der Waals surface area contributed by atoms with Gasteiger partial charge in [-0.2, -0.15) is 0 Å². The number of nitrogens with zero attached hydrogens (tertiary/aromatic N) is 1. The van der Waals surface area contributed by atoms with Gasteiger partial charge in [0, 0.05) is 12.6 Å². The van der Waals surface area contributed by atoms with Gasteiger partial charge in [0.2, 0.25) is 0 Å². The van der Waals surface area contributed by atoms with Crippen LogP contribution >= 0.6 is 0 Å². The first kappa shape index (κ1) is 14.2. The lowest BCUT2D eigenvalue weighted by Crippen LogP contribution is -2.33. The van der Waals surface area contributed by atoms with Crippen molar-refractivity contribution in [2.45, 2.75) is 26.3 Å². The second kappa shape index (κ2) is 7.46. The van der Waals surface area contributed by atoms with Gasteiger partial charge in [0.1, 0.15) is 0 Å². The molecule has 0 saturated heterocycles. The van der Waals surface area contributed by atoms with Crippen molar-refractivity contribution in [1.82, 2.24) is 10.2 Å². The van der Waals surface area contributed by atoms with Crippen molar-refractivity contribution in [3.63, 3.8) is 0 Å². The minimum absolute atomic E-state index is 0.440. The fourth-order valence-corrected chi connectivity index (χ4v) is 2.51. The highest BCUT2D eigenvalue weighted by atomic mass is 15.1. The normalized spacial score (nSPS) is 14.9. The average molecular weight is 234 g/mol. The van der Waals surface area contributed by atoms with E-state index in [0.29, 0.717) is 12.0 Å². The molecule has 17 heavy (non-hydrogen) atoms. The molecule has 2 atom stereocenters. The summed E-state index contributed by atoms with van der Waals surface area (Å²) in [7, 11) is 4.26. The van der Waals surface area contributed by atoms with E-state index in [1.165, 1.54) is 18.5 Å². The molecule has 0 aliphatic carbocycles. The Morgan fingerprint density at radius 1 is 1.24 bits per heavy atom. The van der Waals surface area contributed by atoms with Crippen LogP contribution in [0.1, 0.15) is 31.9 Å². The van der Waals surface area contributed by atoms with Crippen molar-refractivity contribution in [2.75, 3.05) is 27.2 Å². The smallest absolute Gasteiger partial charge is 0.0355 e. The number of benzene rings is 1. The minimum atomic E-state index is 0.440. The molecule has 0 radical (unpaired) electrons. The van der Waals surface area contributed by atoms with E-state index < -0.39 is 0 Å². The zero-order valence-electron chi connectivity index (χ0n) is 11.6. The Labute approximate surface area is 106 Å². The van der Waals surface area contributed by atoms with E-state index in [1.54, 1.807) is 0 Å². The zero-order chi connectivity index (χ0) is 12.7. The third kappa shape index (κ3) is 4.49. The molecule has 1 rings (SSSR count). The molecule has 0 saturated carbocycles. The van der Waals surface area contributed by atoms with Crippen LogP contribution in [0.2, 0.25) is 0 Å². The Morgan fingerprint density at radius 2 is 1.88 bits per heavy atom. The molecule has 0 aliphatic rings. The first-order valence-corrected chi connectivity index (χ1v) is 6.59. The van der Waals surface area contributed by atoms with E-state index >= 15 is 0 Å². The van der Waals surface area contributed by atoms with Crippen molar-refractivity contribution in [3.05, 3.63) is 35.9 Å². The molecule has 0 fully saturated rings. The number of nitrogens with one attached hydrogen (secondary N) is 1. The number of rotatable bonds is 7. The van der Waals surface area contributed by atoms with E-state index in [2.05, 4.69) is 61.4 Å². The minimum Gasteiger partial charge on any atom is -0.313 e. The summed E-state index contributed by atoms with van der Waals surface area (Å²) in [5.74, 6) is 0.610. The standard InChI is InChI=1S/C15H26N2/c1-5-11-17(4)12-13(2)15(16-3)14-9-7-6-8-10-14/h6-10,13,15-16H,5,11-12H2,1-4H3. The Bertz CT molecular complexity index is 297. The maximum absolute atomic E-state index is 3.44. The lowest BCUT2D eigenvalue weighted by atomic mass is 9.94. The second-order valence-corrected chi connectivity index (χ2v) is 4.92. The van der Waals surface area contributed by atoms with E-state index in [-0.39, 0.29) is 0 Å². The van der Waals surface area contributed by atoms with E-state index in [1.807, 2.05) is 7.05 Å². The summed E-state index contributed by atoms with van der Waals surface area (Å²) in [5, 5.41) is 3.44. The molecule has 2 unspecified atom stereocenters. The largest absolute Gasteiger partial charge is 0.313 e. The summed E-state index contributed by atoms with van der Waals surface area (Å²) in [6, 6.07) is 11.2. The van der Waals surface area contributed by atoms with Crippen LogP contribution in [0.15, 0.2) is 30.3 Å². The molecule has 0 amide bonds. The van der Waals surface area contributed by atoms with Gasteiger partial charge in [-0.3, -0.25) is 0 Å². The van der Waals surface area contributed by atoms with Gasteiger partial charge in [-0.15, -0.1) is 0 Å². The van der Waals surface area contributed by atoms with Gasteiger partial charge in [-0.25, -0.2) is 0 Å². The Hall–Kier alpha value is -0.860. The van der Waals surface area contributed by atoms with Crippen LogP contribution in [-0.4, -0.2) is 32.1 Å². The summed E-state index contributed by atoms with van der Waals surface area (Å²) in [5.41, 5.74) is 1.38. The summed E-state index contributed by atoms with van der Waals surface area (Å²) in [6.07, 6.45) is 1.22. The molecule has 1 aromatic carbocycles. The SMILES string of the molecule is CCCN(C)CC(C)C(NC)c1ccccc1. The van der Waals surface area contributed by atoms with Gasteiger partial charge in [-0.1, -0.05) is 44.2 Å². The Kier molecular flexibility index (Phi) is 6.23. The van der Waals surface area contributed by atoms with Crippen LogP contribution in [0, 0.1) is 5.92 Å². The third-order valence-electron chi connectivity index (χ3n) is 3.24. The molecular weight excluding hydrogens is 208 g/mol. The molecule has 96 valence electrons. The van der Waals surface area contributed by atoms with Crippen LogP contribution in [-0.2, 0) is 0 Å². The topological polar surface area (TPSA) is 15.3 Å². The number of hydrogen-bond acceptors (Lipinski definition) is 2. The van der Waals surface area contributed by atoms with Crippen LogP contribution in [0.25, 0.3) is 0 Å². The van der Waals surface area contributed by atoms with Crippen LogP contribution in [0.4, 0.5) is 0 Å².